The van der Waals surface area contributed by atoms with E-state index in [4.69, 9.17) is 18.5 Å². The first kappa shape index (κ1) is 24.1. The molecule has 25 heavy (non-hydrogen) atoms. The van der Waals surface area contributed by atoms with Gasteiger partial charge in [-0.05, 0) is 12.8 Å². The quantitative estimate of drug-likeness (QED) is 0.405. The Kier molecular flexibility index (Phi) is 11.2. The smallest absolute Gasteiger partial charge is 0.460 e. The highest BCUT2D eigenvalue weighted by atomic mass is 31.2. The number of hydrogen-bond donors (Lipinski definition) is 1. The van der Waals surface area contributed by atoms with E-state index >= 15 is 0 Å². The first-order valence-electron chi connectivity index (χ1n) is 8.55. The minimum atomic E-state index is -4.34. The van der Waals surface area contributed by atoms with Crippen molar-refractivity contribution in [3.63, 3.8) is 0 Å². The van der Waals surface area contributed by atoms with E-state index in [9.17, 15) is 19.0 Å². The van der Waals surface area contributed by atoms with Crippen molar-refractivity contribution in [1.29, 1.82) is 0 Å². The van der Waals surface area contributed by atoms with Crippen LogP contribution in [0.2, 0.25) is 0 Å². The zero-order valence-electron chi connectivity index (χ0n) is 15.9. The second-order valence-corrected chi connectivity index (χ2v) is 7.76. The van der Waals surface area contributed by atoms with Crippen LogP contribution in [0.1, 0.15) is 54.4 Å². The van der Waals surface area contributed by atoms with Crippen molar-refractivity contribution in [3.8, 4) is 0 Å². The predicted octanol–water partition coefficient (Wildman–Crippen LogP) is 3.08. The Hall–Kier alpha value is -0.950. The lowest BCUT2D eigenvalue weighted by Gasteiger charge is -2.21. The number of esters is 2. The van der Waals surface area contributed by atoms with Gasteiger partial charge < -0.3 is 14.4 Å². The molecule has 1 N–H and O–H groups in total. The molecule has 0 spiro atoms. The van der Waals surface area contributed by atoms with Gasteiger partial charge in [0.05, 0.1) is 25.0 Å². The molecule has 148 valence electrons. The zero-order chi connectivity index (χ0) is 19.6. The van der Waals surface area contributed by atoms with Crippen LogP contribution in [-0.4, -0.2) is 42.3 Å². The molecule has 8 nitrogen and oxygen atoms in total. The molecule has 0 aliphatic rings. The molecule has 9 heteroatoms. The summed E-state index contributed by atoms with van der Waals surface area (Å²) in [4.78, 5) is 32.8. The highest BCUT2D eigenvalue weighted by Crippen LogP contribution is 2.43. The summed E-state index contributed by atoms with van der Waals surface area (Å²) in [5.41, 5.74) is 0. The molecule has 0 amide bonds. The van der Waals surface area contributed by atoms with Crippen molar-refractivity contribution in [1.82, 2.24) is 0 Å². The monoisotopic (exact) mass is 382 g/mol. The van der Waals surface area contributed by atoms with E-state index in [1.807, 2.05) is 0 Å². The molecule has 0 aliphatic heterocycles. The van der Waals surface area contributed by atoms with Crippen LogP contribution in [0.5, 0.6) is 0 Å². The van der Waals surface area contributed by atoms with Crippen LogP contribution in [0.4, 0.5) is 0 Å². The van der Waals surface area contributed by atoms with Gasteiger partial charge in [0.15, 0.2) is 0 Å². The van der Waals surface area contributed by atoms with Gasteiger partial charge in [0.2, 0.25) is 0 Å². The number of carbonyl (C=O) groups is 2. The molecule has 0 aliphatic carbocycles. The number of carbonyl (C=O) groups excluding carboxylic acids is 2. The Bertz CT molecular complexity index is 425. The molecule has 2 atom stereocenters. The minimum absolute atomic E-state index is 0.259. The van der Waals surface area contributed by atoms with E-state index in [2.05, 4.69) is 0 Å². The highest BCUT2D eigenvalue weighted by molar-refractivity contribution is 7.47. The van der Waals surface area contributed by atoms with Crippen molar-refractivity contribution in [2.45, 2.75) is 66.6 Å². The lowest BCUT2D eigenvalue weighted by Crippen LogP contribution is -2.26. The predicted molar refractivity (Wildman–Crippen MR) is 91.7 cm³/mol. The molecule has 2 unspecified atom stereocenters. The van der Waals surface area contributed by atoms with Gasteiger partial charge in [-0.3, -0.25) is 18.6 Å². The number of hydrogen-bond acceptors (Lipinski definition) is 7. The van der Waals surface area contributed by atoms with Gasteiger partial charge in [0, 0.05) is 0 Å². The third-order valence-electron chi connectivity index (χ3n) is 3.27. The summed E-state index contributed by atoms with van der Waals surface area (Å²) >= 11 is 0. The number of phosphoric acid groups is 1. The topological polar surface area (TPSA) is 108 Å². The molecule has 0 aromatic heterocycles. The SMILES string of the molecule is CCC(COP(=O)(O)OCC(CC)OC(=O)C(C)C)OC(=O)C(C)C. The van der Waals surface area contributed by atoms with Gasteiger partial charge >= 0.3 is 19.8 Å². The van der Waals surface area contributed by atoms with Crippen molar-refractivity contribution in [2.75, 3.05) is 13.2 Å². The summed E-state index contributed by atoms with van der Waals surface area (Å²) in [5, 5.41) is 0. The zero-order valence-corrected chi connectivity index (χ0v) is 16.8. The van der Waals surface area contributed by atoms with Crippen LogP contribution in [0.25, 0.3) is 0 Å². The van der Waals surface area contributed by atoms with E-state index in [1.54, 1.807) is 41.5 Å². The summed E-state index contributed by atoms with van der Waals surface area (Å²) in [6, 6.07) is 0. The summed E-state index contributed by atoms with van der Waals surface area (Å²) in [6.45, 7) is 9.79. The van der Waals surface area contributed by atoms with Crippen molar-refractivity contribution >= 4 is 19.8 Å². The highest BCUT2D eigenvalue weighted by Gasteiger charge is 2.27. The number of rotatable bonds is 12. The van der Waals surface area contributed by atoms with Crippen LogP contribution in [-0.2, 0) is 32.7 Å². The molecular weight excluding hydrogens is 351 g/mol. The standard InChI is InChI=1S/C16H31O8P/c1-7-13(23-15(17)11(3)4)9-21-25(19,20)22-10-14(8-2)24-16(18)12(5)6/h11-14H,7-10H2,1-6H3,(H,19,20). The normalized spacial score (nSPS) is 16.4. The average Bonchev–Trinajstić information content (AvgIpc) is 2.54. The molecule has 0 heterocycles. The van der Waals surface area contributed by atoms with Gasteiger partial charge in [-0.1, -0.05) is 41.5 Å². The first-order valence-corrected chi connectivity index (χ1v) is 10.0. The number of phosphoric ester groups is 1. The average molecular weight is 382 g/mol. The third kappa shape index (κ3) is 10.6. The Morgan fingerprint density at radius 2 is 1.16 bits per heavy atom. The van der Waals surface area contributed by atoms with Crippen LogP contribution < -0.4 is 0 Å². The number of ether oxygens (including phenoxy) is 2. The van der Waals surface area contributed by atoms with Crippen molar-refractivity contribution in [3.05, 3.63) is 0 Å². The van der Waals surface area contributed by atoms with Gasteiger partial charge in [-0.25, -0.2) is 4.57 Å². The van der Waals surface area contributed by atoms with Gasteiger partial charge in [-0.2, -0.15) is 0 Å². The lowest BCUT2D eigenvalue weighted by molar-refractivity contribution is -0.155. The van der Waals surface area contributed by atoms with Crippen LogP contribution in [0.15, 0.2) is 0 Å². The van der Waals surface area contributed by atoms with Gasteiger partial charge in [0.1, 0.15) is 12.2 Å². The summed E-state index contributed by atoms with van der Waals surface area (Å²) in [5.74, 6) is -1.41. The Morgan fingerprint density at radius 1 is 0.840 bits per heavy atom. The summed E-state index contributed by atoms with van der Waals surface area (Å²) in [6.07, 6.45) is -0.413. The van der Waals surface area contributed by atoms with E-state index in [0.717, 1.165) is 0 Å². The maximum Gasteiger partial charge on any atom is 0.472 e. The molecule has 0 saturated heterocycles. The lowest BCUT2D eigenvalue weighted by atomic mass is 10.2. The van der Waals surface area contributed by atoms with Crippen molar-refractivity contribution in [2.24, 2.45) is 11.8 Å². The molecule has 0 rings (SSSR count). The molecule has 0 saturated carbocycles. The fourth-order valence-corrected chi connectivity index (χ4v) is 2.25. The van der Waals surface area contributed by atoms with Crippen molar-refractivity contribution < 1.29 is 37.6 Å². The van der Waals surface area contributed by atoms with Crippen LogP contribution in [0.3, 0.4) is 0 Å². The maximum atomic E-state index is 11.9. The molecule has 0 fully saturated rings. The largest absolute Gasteiger partial charge is 0.472 e. The Labute approximate surface area is 149 Å². The van der Waals surface area contributed by atoms with E-state index in [1.165, 1.54) is 0 Å². The van der Waals surface area contributed by atoms with Crippen LogP contribution in [0, 0.1) is 11.8 Å². The van der Waals surface area contributed by atoms with Gasteiger partial charge in [0.25, 0.3) is 0 Å². The van der Waals surface area contributed by atoms with E-state index in [-0.39, 0.29) is 25.0 Å². The second-order valence-electron chi connectivity index (χ2n) is 6.30. The fraction of sp³-hybridized carbons (Fsp3) is 0.875. The van der Waals surface area contributed by atoms with Crippen LogP contribution >= 0.6 is 7.82 Å². The fourth-order valence-electron chi connectivity index (χ4n) is 1.46. The minimum Gasteiger partial charge on any atom is -0.460 e. The van der Waals surface area contributed by atoms with E-state index in [0.29, 0.717) is 12.8 Å². The summed E-state index contributed by atoms with van der Waals surface area (Å²) < 4.78 is 32.0. The third-order valence-corrected chi connectivity index (χ3v) is 4.22. The first-order chi connectivity index (χ1) is 11.5. The molecule has 0 radical (unpaired) electrons. The molecule has 0 aromatic carbocycles. The van der Waals surface area contributed by atoms with E-state index < -0.39 is 32.0 Å². The van der Waals surface area contributed by atoms with Gasteiger partial charge in [-0.15, -0.1) is 0 Å². The molecule has 0 bridgehead atoms. The Balaban J connectivity index is 4.44. The Morgan fingerprint density at radius 3 is 1.40 bits per heavy atom. The molecular formula is C16H31O8P. The second kappa shape index (κ2) is 11.6. The molecule has 0 aromatic rings. The maximum absolute atomic E-state index is 11.9. The summed E-state index contributed by atoms with van der Waals surface area (Å²) in [7, 11) is -4.34.